The molecule has 19 heavy (non-hydrogen) atoms. The van der Waals surface area contributed by atoms with Crippen molar-refractivity contribution in [3.63, 3.8) is 0 Å². The largest absolute Gasteiger partial charge is 0.441 e. The quantitative estimate of drug-likeness (QED) is 0.654. The van der Waals surface area contributed by atoms with Crippen molar-refractivity contribution in [3.05, 3.63) is 41.9 Å². The maximum absolute atomic E-state index is 11.3. The summed E-state index contributed by atoms with van der Waals surface area (Å²) in [6, 6.07) is 7.90. The summed E-state index contributed by atoms with van der Waals surface area (Å²) in [5.41, 5.74) is 3.78. The molecule has 0 bridgehead atoms. The number of rotatable bonds is 3. The molecule has 2 atom stereocenters. The smallest absolute Gasteiger partial charge is 0.247 e. The molecular formula is C14H14N2O3. The second-order valence-electron chi connectivity index (χ2n) is 4.79. The minimum atomic E-state index is -0.306. The molecule has 3 rings (SSSR count). The van der Waals surface area contributed by atoms with Crippen LogP contribution >= 0.6 is 0 Å². The van der Waals surface area contributed by atoms with Crippen LogP contribution in [0.5, 0.6) is 0 Å². The van der Waals surface area contributed by atoms with Crippen LogP contribution in [0.25, 0.3) is 11.3 Å². The Hall–Kier alpha value is -2.14. The summed E-state index contributed by atoms with van der Waals surface area (Å²) >= 11 is 0. The highest BCUT2D eigenvalue weighted by Crippen LogP contribution is 2.47. The highest BCUT2D eigenvalue weighted by Gasteiger charge is 2.43. The van der Waals surface area contributed by atoms with Crippen LogP contribution in [0.3, 0.4) is 0 Å². The standard InChI is InChI=1S/C14H14N2O3/c1-8-15-7-13(19-8)10-4-2-9(3-5-10)11-6-12(11)14(17)16-18/h2-5,7,11-12,18H,6H2,1H3,(H,16,17). The molecule has 1 fully saturated rings. The molecule has 5 nitrogen and oxygen atoms in total. The molecule has 0 spiro atoms. The van der Waals surface area contributed by atoms with Gasteiger partial charge in [-0.05, 0) is 17.9 Å². The molecule has 1 amide bonds. The van der Waals surface area contributed by atoms with E-state index >= 15 is 0 Å². The highest BCUT2D eigenvalue weighted by atomic mass is 16.5. The Balaban J connectivity index is 1.75. The summed E-state index contributed by atoms with van der Waals surface area (Å²) in [5.74, 6) is 1.17. The van der Waals surface area contributed by atoms with Gasteiger partial charge in [0.1, 0.15) is 0 Å². The normalized spacial score (nSPS) is 21.2. The van der Waals surface area contributed by atoms with Gasteiger partial charge in [0, 0.05) is 18.4 Å². The average Bonchev–Trinajstić information content (AvgIpc) is 3.13. The van der Waals surface area contributed by atoms with Crippen molar-refractivity contribution >= 4 is 5.91 Å². The first-order valence-electron chi connectivity index (χ1n) is 6.16. The van der Waals surface area contributed by atoms with E-state index in [1.807, 2.05) is 24.3 Å². The summed E-state index contributed by atoms with van der Waals surface area (Å²) in [7, 11) is 0. The summed E-state index contributed by atoms with van der Waals surface area (Å²) in [5, 5.41) is 8.59. The number of carbonyl (C=O) groups excluding carboxylic acids is 1. The van der Waals surface area contributed by atoms with Gasteiger partial charge in [0.2, 0.25) is 5.91 Å². The van der Waals surface area contributed by atoms with Gasteiger partial charge in [0.15, 0.2) is 11.7 Å². The van der Waals surface area contributed by atoms with Gasteiger partial charge in [0.25, 0.3) is 0 Å². The Kier molecular flexibility index (Phi) is 2.83. The fourth-order valence-corrected chi connectivity index (χ4v) is 2.33. The van der Waals surface area contributed by atoms with Crippen molar-refractivity contribution in [2.75, 3.05) is 0 Å². The van der Waals surface area contributed by atoms with Gasteiger partial charge in [-0.1, -0.05) is 24.3 Å². The number of oxazole rings is 1. The Morgan fingerprint density at radius 3 is 2.74 bits per heavy atom. The minimum absolute atomic E-state index is 0.108. The van der Waals surface area contributed by atoms with Gasteiger partial charge >= 0.3 is 0 Å². The first-order valence-corrected chi connectivity index (χ1v) is 6.16. The second-order valence-corrected chi connectivity index (χ2v) is 4.79. The number of aryl methyl sites for hydroxylation is 1. The average molecular weight is 258 g/mol. The Morgan fingerprint density at radius 1 is 1.42 bits per heavy atom. The SMILES string of the molecule is Cc1ncc(-c2ccc(C3CC3C(=O)NO)cc2)o1. The zero-order chi connectivity index (χ0) is 13.4. The molecule has 1 aromatic carbocycles. The van der Waals surface area contributed by atoms with Gasteiger partial charge in [-0.2, -0.15) is 0 Å². The third-order valence-electron chi connectivity index (χ3n) is 3.48. The number of aromatic nitrogens is 1. The maximum Gasteiger partial charge on any atom is 0.247 e. The van der Waals surface area contributed by atoms with Crippen molar-refractivity contribution in [1.82, 2.24) is 10.5 Å². The third kappa shape index (κ3) is 2.24. The molecule has 1 saturated carbocycles. The lowest BCUT2D eigenvalue weighted by atomic mass is 10.1. The lowest BCUT2D eigenvalue weighted by molar-refractivity contribution is -0.130. The summed E-state index contributed by atoms with van der Waals surface area (Å²) in [4.78, 5) is 15.3. The third-order valence-corrected chi connectivity index (χ3v) is 3.48. The molecule has 0 saturated heterocycles. The van der Waals surface area contributed by atoms with Gasteiger partial charge < -0.3 is 4.42 Å². The zero-order valence-corrected chi connectivity index (χ0v) is 10.5. The van der Waals surface area contributed by atoms with Crippen LogP contribution in [0, 0.1) is 12.8 Å². The minimum Gasteiger partial charge on any atom is -0.441 e. The maximum atomic E-state index is 11.3. The van der Waals surface area contributed by atoms with E-state index in [1.165, 1.54) is 0 Å². The Labute approximate surface area is 110 Å². The fourth-order valence-electron chi connectivity index (χ4n) is 2.33. The summed E-state index contributed by atoms with van der Waals surface area (Å²) in [6.07, 6.45) is 2.48. The molecule has 0 aliphatic heterocycles. The van der Waals surface area contributed by atoms with E-state index in [9.17, 15) is 4.79 Å². The van der Waals surface area contributed by atoms with Crippen molar-refractivity contribution in [1.29, 1.82) is 0 Å². The predicted octanol–water partition coefficient (Wildman–Crippen LogP) is 2.26. The van der Waals surface area contributed by atoms with Crippen LogP contribution in [-0.2, 0) is 4.79 Å². The highest BCUT2D eigenvalue weighted by molar-refractivity contribution is 5.81. The number of hydroxylamine groups is 1. The number of hydrogen-bond donors (Lipinski definition) is 2. The fraction of sp³-hybridized carbons (Fsp3) is 0.286. The van der Waals surface area contributed by atoms with Crippen LogP contribution < -0.4 is 5.48 Å². The van der Waals surface area contributed by atoms with Crippen LogP contribution in [0.1, 0.15) is 23.8 Å². The van der Waals surface area contributed by atoms with Crippen LogP contribution in [0.4, 0.5) is 0 Å². The number of amides is 1. The van der Waals surface area contributed by atoms with E-state index in [0.717, 1.165) is 23.3 Å². The molecule has 1 aliphatic carbocycles. The molecule has 0 radical (unpaired) electrons. The lowest BCUT2D eigenvalue weighted by Crippen LogP contribution is -2.20. The number of carbonyl (C=O) groups is 1. The zero-order valence-electron chi connectivity index (χ0n) is 10.5. The molecule has 98 valence electrons. The van der Waals surface area contributed by atoms with E-state index in [1.54, 1.807) is 18.6 Å². The second kappa shape index (κ2) is 4.51. The van der Waals surface area contributed by atoms with Crippen LogP contribution in [0.2, 0.25) is 0 Å². The van der Waals surface area contributed by atoms with E-state index in [-0.39, 0.29) is 17.7 Å². The first-order chi connectivity index (χ1) is 9.19. The van der Waals surface area contributed by atoms with E-state index in [4.69, 9.17) is 9.62 Å². The van der Waals surface area contributed by atoms with Crippen LogP contribution in [-0.4, -0.2) is 16.1 Å². The van der Waals surface area contributed by atoms with Gasteiger partial charge in [-0.3, -0.25) is 10.0 Å². The number of hydrogen-bond acceptors (Lipinski definition) is 4. The summed E-state index contributed by atoms with van der Waals surface area (Å²) in [6.45, 7) is 1.81. The Bertz CT molecular complexity index is 603. The predicted molar refractivity (Wildman–Crippen MR) is 67.5 cm³/mol. The molecule has 1 aromatic heterocycles. The monoisotopic (exact) mass is 258 g/mol. The van der Waals surface area contributed by atoms with E-state index < -0.39 is 0 Å². The van der Waals surface area contributed by atoms with Crippen LogP contribution in [0.15, 0.2) is 34.9 Å². The first kappa shape index (κ1) is 11.9. The molecule has 2 N–H and O–H groups in total. The lowest BCUT2D eigenvalue weighted by Gasteiger charge is -2.01. The topological polar surface area (TPSA) is 75.4 Å². The van der Waals surface area contributed by atoms with Crippen molar-refractivity contribution < 1.29 is 14.4 Å². The number of benzene rings is 1. The van der Waals surface area contributed by atoms with Crippen molar-refractivity contribution in [2.45, 2.75) is 19.3 Å². The van der Waals surface area contributed by atoms with Crippen molar-refractivity contribution in [2.24, 2.45) is 5.92 Å². The number of nitrogens with one attached hydrogen (secondary N) is 1. The van der Waals surface area contributed by atoms with Crippen molar-refractivity contribution in [3.8, 4) is 11.3 Å². The molecular weight excluding hydrogens is 244 g/mol. The number of nitrogens with zero attached hydrogens (tertiary/aromatic N) is 1. The van der Waals surface area contributed by atoms with Gasteiger partial charge in [-0.15, -0.1) is 0 Å². The van der Waals surface area contributed by atoms with E-state index in [0.29, 0.717) is 5.89 Å². The van der Waals surface area contributed by atoms with Gasteiger partial charge in [-0.25, -0.2) is 10.5 Å². The summed E-state index contributed by atoms with van der Waals surface area (Å²) < 4.78 is 5.45. The molecule has 2 aromatic rings. The van der Waals surface area contributed by atoms with Gasteiger partial charge in [0.05, 0.1) is 6.20 Å². The molecule has 5 heteroatoms. The molecule has 1 heterocycles. The molecule has 2 unspecified atom stereocenters. The molecule has 1 aliphatic rings. The van der Waals surface area contributed by atoms with E-state index in [2.05, 4.69) is 4.98 Å². The Morgan fingerprint density at radius 2 is 2.16 bits per heavy atom.